The molecule has 0 radical (unpaired) electrons. The van der Waals surface area contributed by atoms with Gasteiger partial charge in [0, 0.05) is 0 Å². The fourth-order valence-corrected chi connectivity index (χ4v) is 5.69. The Kier molecular flexibility index (Phi) is 11.7. The summed E-state index contributed by atoms with van der Waals surface area (Å²) in [7, 11) is -4.65. The third kappa shape index (κ3) is 9.81. The molecule has 0 aliphatic carbocycles. The molecular weight excluding hydrogens is 514 g/mol. The van der Waals surface area contributed by atoms with Gasteiger partial charge >= 0.3 is 189 Å². The molecule has 0 saturated heterocycles. The Morgan fingerprint density at radius 1 is 1.11 bits per heavy atom. The van der Waals surface area contributed by atoms with Crippen molar-refractivity contribution in [2.45, 2.75) is 37.3 Å². The summed E-state index contributed by atoms with van der Waals surface area (Å²) in [5.41, 5.74) is 0.897. The van der Waals surface area contributed by atoms with Gasteiger partial charge in [-0.25, -0.2) is 0 Å². The van der Waals surface area contributed by atoms with E-state index in [1.165, 1.54) is 29.6 Å². The summed E-state index contributed by atoms with van der Waals surface area (Å²) >= 11 is 0. The van der Waals surface area contributed by atoms with E-state index in [2.05, 4.69) is 4.99 Å². The first-order chi connectivity index (χ1) is 17.4. The van der Waals surface area contributed by atoms with Gasteiger partial charge in [0.2, 0.25) is 0 Å². The molecule has 2 aromatic carbocycles. The van der Waals surface area contributed by atoms with Crippen LogP contribution in [0.15, 0.2) is 58.4 Å². The second-order valence-corrected chi connectivity index (χ2v) is 15.0. The van der Waals surface area contributed by atoms with Crippen molar-refractivity contribution >= 4 is 30.4 Å². The molecule has 12 heteroatoms. The normalized spacial score (nSPS) is 14.1. The van der Waals surface area contributed by atoms with Crippen molar-refractivity contribution in [3.05, 3.63) is 54.1 Å². The first-order valence-corrected chi connectivity index (χ1v) is 16.1. The molecule has 0 aliphatic heterocycles. The molecule has 0 aliphatic rings. The Morgan fingerprint density at radius 3 is 2.35 bits per heavy atom. The van der Waals surface area contributed by atoms with E-state index in [9.17, 15) is 22.8 Å². The molecule has 2 rings (SSSR count). The van der Waals surface area contributed by atoms with E-state index < -0.39 is 29.3 Å². The molecule has 0 bridgehead atoms. The Hall–Kier alpha value is -2.33. The molecule has 0 fully saturated rings. The number of methoxy groups -OCH3 is 1. The zero-order valence-electron chi connectivity index (χ0n) is 22.0. The fraction of sp³-hybridized carbons (Fsp3) is 0.480. The molecule has 1 N–H and O–H groups in total. The van der Waals surface area contributed by atoms with Gasteiger partial charge in [-0.3, -0.25) is 0 Å². The molecule has 0 aromatic heterocycles. The van der Waals surface area contributed by atoms with Crippen molar-refractivity contribution in [1.29, 1.82) is 0 Å². The maximum absolute atomic E-state index is 13.7. The van der Waals surface area contributed by atoms with E-state index in [1.54, 1.807) is 13.3 Å². The average molecular weight is 550 g/mol. The molecule has 0 amide bonds. The van der Waals surface area contributed by atoms with Crippen molar-refractivity contribution in [1.82, 2.24) is 4.31 Å². The zero-order chi connectivity index (χ0) is 27.6. The maximum atomic E-state index is 13.7. The minimum Gasteiger partial charge on any atom is -0.321 e. The van der Waals surface area contributed by atoms with Gasteiger partial charge in [0.15, 0.2) is 0 Å². The molecule has 9 nitrogen and oxygen atoms in total. The van der Waals surface area contributed by atoms with Crippen molar-refractivity contribution in [3.8, 4) is 11.5 Å². The Labute approximate surface area is 220 Å². The van der Waals surface area contributed by atoms with E-state index in [-0.39, 0.29) is 36.0 Å². The van der Waals surface area contributed by atoms with Crippen LogP contribution in [0, 0.1) is 5.92 Å². The second kappa shape index (κ2) is 14.0. The van der Waals surface area contributed by atoms with E-state index in [0.29, 0.717) is 19.3 Å². The van der Waals surface area contributed by atoms with Gasteiger partial charge < -0.3 is 4.57 Å². The van der Waals surface area contributed by atoms with Crippen LogP contribution < -0.4 is 9.47 Å². The summed E-state index contributed by atoms with van der Waals surface area (Å²) in [6.45, 7) is 6.83. The number of ether oxygens (including phenoxy) is 2. The van der Waals surface area contributed by atoms with Gasteiger partial charge in [-0.05, 0) is 13.3 Å². The summed E-state index contributed by atoms with van der Waals surface area (Å²) < 4.78 is 62.6. The number of hydrogen-bond donors (Lipinski definition) is 1. The molecule has 2 aromatic rings. The van der Waals surface area contributed by atoms with Gasteiger partial charge in [0.1, 0.15) is 7.14 Å². The Bertz CT molecular complexity index is 1200. The smallest absolute Gasteiger partial charge is 0.321 e. The minimum absolute atomic E-state index is 0.0342. The van der Waals surface area contributed by atoms with Crippen LogP contribution >= 0.6 is 7.14 Å². The van der Waals surface area contributed by atoms with Crippen molar-refractivity contribution in [3.63, 3.8) is 0 Å². The van der Waals surface area contributed by atoms with Crippen LogP contribution in [0.4, 0.5) is 0 Å². The first kappa shape index (κ1) is 30.9. The monoisotopic (exact) mass is 550 g/mol. The van der Waals surface area contributed by atoms with Crippen LogP contribution in [-0.2, 0) is 25.7 Å². The van der Waals surface area contributed by atoms with Gasteiger partial charge in [-0.1, -0.05) is 0 Å². The summed E-state index contributed by atoms with van der Waals surface area (Å²) in [6, 6.07) is 12.8. The van der Waals surface area contributed by atoms with Gasteiger partial charge in [-0.15, -0.1) is 0 Å². The van der Waals surface area contributed by atoms with Crippen LogP contribution in [0.1, 0.15) is 19.4 Å². The summed E-state index contributed by atoms with van der Waals surface area (Å²) in [6.07, 6.45) is 0.156. The van der Waals surface area contributed by atoms with E-state index in [0.717, 1.165) is 11.7 Å². The molecule has 0 unspecified atom stereocenters. The van der Waals surface area contributed by atoms with Crippen LogP contribution in [0.25, 0.3) is 0 Å². The number of rotatable bonds is 15. The molecule has 37 heavy (non-hydrogen) atoms. The van der Waals surface area contributed by atoms with E-state index in [1.807, 2.05) is 44.2 Å². The quantitative estimate of drug-likeness (QED) is 0.205. The molecular formula is C25H36BN2O7PS. The molecule has 0 heterocycles. The third-order valence-corrected chi connectivity index (χ3v) is 7.91. The van der Waals surface area contributed by atoms with Crippen LogP contribution in [0.5, 0.6) is 11.5 Å². The number of aliphatic hydroxyl groups excluding tert-OH is 1. The Balaban J connectivity index is 2.39. The standard InChI is InChI=1S/C25H36BN2O7PS/c1-19(2)15-28(16-23(29)22(27-17-26-30)13-20-9-7-6-8-10-20)37(32,33)21-11-12-24(34-3)25(14-21)35-18-36(4,5)31/h6-12,14,17,19,22-23,29H,13,15-16,18H2,1-5H3/t22-,23+/m0/s1. The molecule has 2 atom stereocenters. The van der Waals surface area contributed by atoms with Gasteiger partial charge in [-0.2, -0.15) is 0 Å². The number of nitrogens with zero attached hydrogens (tertiary/aromatic N) is 2. The summed E-state index contributed by atoms with van der Waals surface area (Å²) in [5.74, 6) is 0.442. The Morgan fingerprint density at radius 2 is 1.78 bits per heavy atom. The summed E-state index contributed by atoms with van der Waals surface area (Å²) in [4.78, 5) is 4.13. The van der Waals surface area contributed by atoms with E-state index in [4.69, 9.17) is 9.47 Å². The van der Waals surface area contributed by atoms with Crippen LogP contribution in [0.3, 0.4) is 0 Å². The average Bonchev–Trinajstić information content (AvgIpc) is 2.84. The van der Waals surface area contributed by atoms with Crippen molar-refractivity contribution in [2.24, 2.45) is 10.9 Å². The SMILES string of the molecule is COc1ccc(S(=O)(=O)N(CC(C)C)C[C@@H](O)[C@H](Cc2ccccc2)N=CB=O)cc1OCP(C)(C)=O. The van der Waals surface area contributed by atoms with Gasteiger partial charge in [0.25, 0.3) is 0 Å². The number of hydrogen-bond acceptors (Lipinski definition) is 8. The minimum atomic E-state index is -4.07. The zero-order valence-corrected chi connectivity index (χ0v) is 23.7. The number of sulfonamides is 1. The van der Waals surface area contributed by atoms with Crippen LogP contribution in [-0.4, -0.2) is 83.1 Å². The van der Waals surface area contributed by atoms with Crippen molar-refractivity contribution in [2.75, 3.05) is 39.9 Å². The second-order valence-electron chi connectivity index (χ2n) is 9.63. The predicted octanol–water partition coefficient (Wildman–Crippen LogP) is 3.35. The molecule has 0 spiro atoms. The third-order valence-electron chi connectivity index (χ3n) is 5.33. The molecule has 202 valence electrons. The number of aliphatic imine (C=N–C) groups is 1. The fourth-order valence-electron chi connectivity index (χ4n) is 3.60. The van der Waals surface area contributed by atoms with E-state index >= 15 is 0 Å². The first-order valence-electron chi connectivity index (χ1n) is 11.9. The molecule has 0 saturated carbocycles. The number of benzene rings is 2. The summed E-state index contributed by atoms with van der Waals surface area (Å²) in [5, 5.41) is 11.1. The number of aliphatic hydroxyl groups is 1. The van der Waals surface area contributed by atoms with Crippen LogP contribution in [0.2, 0.25) is 0 Å². The van der Waals surface area contributed by atoms with Gasteiger partial charge in [0.05, 0.1) is 7.11 Å². The van der Waals surface area contributed by atoms with Crippen molar-refractivity contribution < 1.29 is 32.3 Å². The predicted molar refractivity (Wildman–Crippen MR) is 146 cm³/mol. The topological polar surface area (TPSA) is 123 Å².